The van der Waals surface area contributed by atoms with Gasteiger partial charge in [0.05, 0.1) is 19.0 Å². The normalized spacial score (nSPS) is 19.5. The first kappa shape index (κ1) is 14.1. The number of hydrogen-bond acceptors (Lipinski definition) is 3. The Balaban J connectivity index is 1.43. The first-order valence-electron chi connectivity index (χ1n) is 8.09. The van der Waals surface area contributed by atoms with E-state index < -0.39 is 0 Å². The van der Waals surface area contributed by atoms with Crippen molar-refractivity contribution in [3.8, 4) is 5.75 Å². The first-order valence-corrected chi connectivity index (χ1v) is 8.09. The highest BCUT2D eigenvalue weighted by molar-refractivity contribution is 5.90. The van der Waals surface area contributed by atoms with E-state index in [-0.39, 0.29) is 12.1 Å². The highest BCUT2D eigenvalue weighted by Gasteiger charge is 2.29. The van der Waals surface area contributed by atoms with E-state index in [1.807, 2.05) is 33.9 Å². The molecule has 3 heterocycles. The smallest absolute Gasteiger partial charge is 0.322 e. The van der Waals surface area contributed by atoms with Crippen LogP contribution in [0.1, 0.15) is 18.4 Å². The Kier molecular flexibility index (Phi) is 3.65. The Morgan fingerprint density at radius 3 is 3.26 bits per heavy atom. The summed E-state index contributed by atoms with van der Waals surface area (Å²) in [5.41, 5.74) is 2.01. The molecule has 0 aliphatic carbocycles. The number of likely N-dealkylation sites (tertiary alicyclic amines) is 1. The van der Waals surface area contributed by atoms with E-state index >= 15 is 0 Å². The summed E-state index contributed by atoms with van der Waals surface area (Å²) in [6, 6.07) is 6.06. The predicted molar refractivity (Wildman–Crippen MR) is 86.6 cm³/mol. The van der Waals surface area contributed by atoms with Gasteiger partial charge in [0.15, 0.2) is 0 Å². The van der Waals surface area contributed by atoms with Crippen LogP contribution in [-0.4, -0.2) is 39.7 Å². The van der Waals surface area contributed by atoms with Gasteiger partial charge in [-0.2, -0.15) is 0 Å². The number of fused-ring (bicyclic) bond motifs is 1. The molecule has 1 unspecified atom stereocenters. The third-order valence-electron chi connectivity index (χ3n) is 4.56. The summed E-state index contributed by atoms with van der Waals surface area (Å²) in [6.07, 6.45) is 8.50. The molecule has 23 heavy (non-hydrogen) atoms. The molecule has 2 aliphatic heterocycles. The van der Waals surface area contributed by atoms with Gasteiger partial charge >= 0.3 is 6.03 Å². The number of carbonyl (C=O) groups excluding carboxylic acids is 1. The lowest BCUT2D eigenvalue weighted by Crippen LogP contribution is -2.40. The molecule has 2 aromatic rings. The van der Waals surface area contributed by atoms with Crippen molar-refractivity contribution in [3.63, 3.8) is 0 Å². The largest absolute Gasteiger partial charge is 0.493 e. The van der Waals surface area contributed by atoms with Crippen molar-refractivity contribution in [1.29, 1.82) is 0 Å². The number of benzene rings is 1. The number of amides is 2. The van der Waals surface area contributed by atoms with Crippen molar-refractivity contribution in [2.45, 2.75) is 31.8 Å². The molecule has 0 radical (unpaired) electrons. The van der Waals surface area contributed by atoms with E-state index in [0.29, 0.717) is 0 Å². The Morgan fingerprint density at radius 2 is 2.39 bits per heavy atom. The van der Waals surface area contributed by atoms with Crippen LogP contribution in [0.5, 0.6) is 5.75 Å². The maximum atomic E-state index is 12.6. The van der Waals surface area contributed by atoms with Crippen LogP contribution in [-0.2, 0) is 13.0 Å². The quantitative estimate of drug-likeness (QED) is 0.947. The predicted octanol–water partition coefficient (Wildman–Crippen LogP) is 2.51. The van der Waals surface area contributed by atoms with Crippen LogP contribution in [0.25, 0.3) is 0 Å². The number of ether oxygens (including phenoxy) is 1. The number of nitrogens with one attached hydrogen (secondary N) is 1. The van der Waals surface area contributed by atoms with Gasteiger partial charge < -0.3 is 19.5 Å². The van der Waals surface area contributed by atoms with Crippen LogP contribution < -0.4 is 10.1 Å². The number of nitrogens with zero attached hydrogens (tertiary/aromatic N) is 3. The van der Waals surface area contributed by atoms with Crippen LogP contribution in [0.3, 0.4) is 0 Å². The van der Waals surface area contributed by atoms with Crippen LogP contribution in [0.15, 0.2) is 36.9 Å². The molecule has 120 valence electrons. The van der Waals surface area contributed by atoms with E-state index in [1.165, 1.54) is 5.56 Å². The topological polar surface area (TPSA) is 59.4 Å². The van der Waals surface area contributed by atoms with Crippen LogP contribution in [0.4, 0.5) is 10.5 Å². The zero-order valence-electron chi connectivity index (χ0n) is 12.9. The SMILES string of the molecule is O=C(Nc1ccc2c(c1)CCO2)N1CCCC1Cn1ccnc1. The number of aromatic nitrogens is 2. The summed E-state index contributed by atoms with van der Waals surface area (Å²) < 4.78 is 7.53. The minimum absolute atomic E-state index is 0.0218. The maximum Gasteiger partial charge on any atom is 0.322 e. The van der Waals surface area contributed by atoms with Crippen molar-refractivity contribution in [3.05, 3.63) is 42.5 Å². The molecule has 1 aromatic carbocycles. The Labute approximate surface area is 135 Å². The van der Waals surface area contributed by atoms with Gasteiger partial charge in [0, 0.05) is 37.6 Å². The van der Waals surface area contributed by atoms with Crippen LogP contribution >= 0.6 is 0 Å². The van der Waals surface area contributed by atoms with Crippen LogP contribution in [0.2, 0.25) is 0 Å². The second-order valence-electron chi connectivity index (χ2n) is 6.10. The van der Waals surface area contributed by atoms with Crippen molar-refractivity contribution >= 4 is 11.7 Å². The maximum absolute atomic E-state index is 12.6. The number of carbonyl (C=O) groups is 1. The lowest BCUT2D eigenvalue weighted by Gasteiger charge is -2.25. The fraction of sp³-hybridized carbons (Fsp3) is 0.412. The molecule has 1 saturated heterocycles. The molecule has 1 aromatic heterocycles. The summed E-state index contributed by atoms with van der Waals surface area (Å²) in [5, 5.41) is 3.03. The highest BCUT2D eigenvalue weighted by atomic mass is 16.5. The molecular weight excluding hydrogens is 292 g/mol. The summed E-state index contributed by atoms with van der Waals surface area (Å²) in [5.74, 6) is 0.933. The van der Waals surface area contributed by atoms with E-state index in [4.69, 9.17) is 4.74 Å². The van der Waals surface area contributed by atoms with Gasteiger partial charge in [-0.25, -0.2) is 9.78 Å². The molecule has 4 rings (SSSR count). The molecule has 1 N–H and O–H groups in total. The van der Waals surface area contributed by atoms with Crippen molar-refractivity contribution in [2.75, 3.05) is 18.5 Å². The molecule has 1 fully saturated rings. The minimum atomic E-state index is -0.0218. The second kappa shape index (κ2) is 5.95. The average Bonchev–Trinajstić information content (AvgIpc) is 3.28. The standard InChI is InChI=1S/C17H20N4O2/c22-17(19-14-3-4-16-13(10-14)5-9-23-16)21-7-1-2-15(21)11-20-8-6-18-12-20/h3-4,6,8,10,12,15H,1-2,5,7,9,11H2,(H,19,22). The van der Waals surface area contributed by atoms with Gasteiger partial charge in [0.25, 0.3) is 0 Å². The number of anilines is 1. The van der Waals surface area contributed by atoms with Crippen molar-refractivity contribution in [1.82, 2.24) is 14.5 Å². The van der Waals surface area contributed by atoms with Gasteiger partial charge in [-0.05, 0) is 36.6 Å². The molecule has 0 saturated carbocycles. The molecule has 6 heteroatoms. The number of urea groups is 1. The Bertz CT molecular complexity index is 699. The molecule has 2 aliphatic rings. The summed E-state index contributed by atoms with van der Waals surface area (Å²) in [6.45, 7) is 2.33. The van der Waals surface area contributed by atoms with Crippen LogP contribution in [0, 0.1) is 0 Å². The molecule has 0 spiro atoms. The van der Waals surface area contributed by atoms with Gasteiger partial charge in [-0.1, -0.05) is 0 Å². The average molecular weight is 312 g/mol. The fourth-order valence-corrected chi connectivity index (χ4v) is 3.39. The Hall–Kier alpha value is -2.50. The van der Waals surface area contributed by atoms with Gasteiger partial charge in [-0.15, -0.1) is 0 Å². The van der Waals surface area contributed by atoms with E-state index in [9.17, 15) is 4.79 Å². The third-order valence-corrected chi connectivity index (χ3v) is 4.56. The monoisotopic (exact) mass is 312 g/mol. The highest BCUT2D eigenvalue weighted by Crippen LogP contribution is 2.28. The zero-order chi connectivity index (χ0) is 15.6. The molecule has 2 amide bonds. The number of imidazole rings is 1. The number of rotatable bonds is 3. The molecule has 6 nitrogen and oxygen atoms in total. The van der Waals surface area contributed by atoms with Gasteiger partial charge in [0.1, 0.15) is 5.75 Å². The van der Waals surface area contributed by atoms with E-state index in [2.05, 4.69) is 10.3 Å². The Morgan fingerprint density at radius 1 is 1.43 bits per heavy atom. The second-order valence-corrected chi connectivity index (χ2v) is 6.10. The molecular formula is C17H20N4O2. The third kappa shape index (κ3) is 2.88. The summed E-state index contributed by atoms with van der Waals surface area (Å²) in [4.78, 5) is 18.6. The van der Waals surface area contributed by atoms with Gasteiger partial charge in [0.2, 0.25) is 0 Å². The summed E-state index contributed by atoms with van der Waals surface area (Å²) >= 11 is 0. The molecule has 0 bridgehead atoms. The van der Waals surface area contributed by atoms with Crippen molar-refractivity contribution < 1.29 is 9.53 Å². The first-order chi connectivity index (χ1) is 11.3. The lowest BCUT2D eigenvalue weighted by molar-refractivity contribution is 0.201. The van der Waals surface area contributed by atoms with Gasteiger partial charge in [-0.3, -0.25) is 0 Å². The fourth-order valence-electron chi connectivity index (χ4n) is 3.39. The van der Waals surface area contributed by atoms with E-state index in [0.717, 1.165) is 50.4 Å². The lowest BCUT2D eigenvalue weighted by atomic mass is 10.1. The summed E-state index contributed by atoms with van der Waals surface area (Å²) in [7, 11) is 0. The number of hydrogen-bond donors (Lipinski definition) is 1. The van der Waals surface area contributed by atoms with E-state index in [1.54, 1.807) is 12.5 Å². The minimum Gasteiger partial charge on any atom is -0.493 e. The van der Waals surface area contributed by atoms with Crippen molar-refractivity contribution in [2.24, 2.45) is 0 Å². The zero-order valence-corrected chi connectivity index (χ0v) is 12.9. The molecule has 1 atom stereocenters.